The van der Waals surface area contributed by atoms with E-state index in [1.807, 2.05) is 0 Å². The summed E-state index contributed by atoms with van der Waals surface area (Å²) in [6.07, 6.45) is 4.40. The van der Waals surface area contributed by atoms with Crippen molar-refractivity contribution in [2.45, 2.75) is 39.0 Å². The molecule has 2 aromatic carbocycles. The lowest BCUT2D eigenvalue weighted by molar-refractivity contribution is -0.142. The zero-order valence-corrected chi connectivity index (χ0v) is 15.8. The molecule has 0 aliphatic carbocycles. The second-order valence-corrected chi connectivity index (χ2v) is 6.86. The minimum absolute atomic E-state index is 0.221. The standard InChI is InChI=1S/C23H26O3/c1-5-7-19(23(24)25-4)22-16(3)10-9-15(2)21(22)18-11-12-20-17(14-18)8-6-13-26-20/h5,9-12,14,19H,1,6-8,13H2,2-4H3. The van der Waals surface area contributed by atoms with Crippen LogP contribution in [0.4, 0.5) is 0 Å². The van der Waals surface area contributed by atoms with Crippen LogP contribution in [0.3, 0.4) is 0 Å². The number of carbonyl (C=O) groups is 1. The van der Waals surface area contributed by atoms with Gasteiger partial charge in [-0.05, 0) is 78.6 Å². The fourth-order valence-corrected chi connectivity index (χ4v) is 3.82. The smallest absolute Gasteiger partial charge is 0.313 e. The predicted octanol–water partition coefficient (Wildman–Crippen LogP) is 5.13. The molecule has 0 bridgehead atoms. The highest BCUT2D eigenvalue weighted by Crippen LogP contribution is 2.39. The summed E-state index contributed by atoms with van der Waals surface area (Å²) >= 11 is 0. The molecule has 0 saturated heterocycles. The fraction of sp³-hybridized carbons (Fsp3) is 0.348. The summed E-state index contributed by atoms with van der Waals surface area (Å²) in [6.45, 7) is 8.76. The molecule has 1 aliphatic heterocycles. The highest BCUT2D eigenvalue weighted by atomic mass is 16.5. The molecule has 0 amide bonds. The van der Waals surface area contributed by atoms with Gasteiger partial charge in [0.25, 0.3) is 0 Å². The lowest BCUT2D eigenvalue weighted by atomic mass is 9.82. The lowest BCUT2D eigenvalue weighted by Gasteiger charge is -2.23. The van der Waals surface area contributed by atoms with Gasteiger partial charge in [0.15, 0.2) is 0 Å². The Labute approximate surface area is 155 Å². The van der Waals surface area contributed by atoms with E-state index in [0.29, 0.717) is 6.42 Å². The minimum Gasteiger partial charge on any atom is -0.493 e. The van der Waals surface area contributed by atoms with Crippen molar-refractivity contribution in [3.63, 3.8) is 0 Å². The van der Waals surface area contributed by atoms with Gasteiger partial charge >= 0.3 is 5.97 Å². The van der Waals surface area contributed by atoms with Crippen molar-refractivity contribution in [1.82, 2.24) is 0 Å². The van der Waals surface area contributed by atoms with Crippen LogP contribution in [0, 0.1) is 13.8 Å². The van der Waals surface area contributed by atoms with E-state index in [1.165, 1.54) is 12.7 Å². The Kier molecular flexibility index (Phi) is 5.46. The van der Waals surface area contributed by atoms with Gasteiger partial charge in [-0.3, -0.25) is 4.79 Å². The van der Waals surface area contributed by atoms with Gasteiger partial charge in [0.05, 0.1) is 19.6 Å². The van der Waals surface area contributed by atoms with E-state index in [0.717, 1.165) is 53.0 Å². The van der Waals surface area contributed by atoms with Crippen molar-refractivity contribution in [3.8, 4) is 16.9 Å². The SMILES string of the molecule is C=CCC(C(=O)OC)c1c(C)ccc(C)c1-c1ccc2c(c1)CCCO2. The molecule has 1 atom stereocenters. The maximum atomic E-state index is 12.5. The van der Waals surface area contributed by atoms with E-state index in [4.69, 9.17) is 9.47 Å². The van der Waals surface area contributed by atoms with Crippen molar-refractivity contribution >= 4 is 5.97 Å². The van der Waals surface area contributed by atoms with E-state index in [9.17, 15) is 4.79 Å². The molecule has 0 saturated carbocycles. The average molecular weight is 350 g/mol. The first-order valence-corrected chi connectivity index (χ1v) is 9.11. The van der Waals surface area contributed by atoms with Crippen molar-refractivity contribution in [2.75, 3.05) is 13.7 Å². The Morgan fingerprint density at radius 1 is 1.27 bits per heavy atom. The Balaban J connectivity index is 2.19. The molecule has 3 nitrogen and oxygen atoms in total. The molecule has 0 spiro atoms. The summed E-state index contributed by atoms with van der Waals surface area (Å²) in [5.41, 5.74) is 6.77. The third kappa shape index (κ3) is 3.39. The molecule has 1 unspecified atom stereocenters. The number of allylic oxidation sites excluding steroid dienone is 1. The number of hydrogen-bond acceptors (Lipinski definition) is 3. The zero-order chi connectivity index (χ0) is 18.7. The Bertz CT molecular complexity index is 836. The molecule has 26 heavy (non-hydrogen) atoms. The van der Waals surface area contributed by atoms with Crippen LogP contribution in [0.25, 0.3) is 11.1 Å². The van der Waals surface area contributed by atoms with Gasteiger partial charge in [-0.25, -0.2) is 0 Å². The molecular weight excluding hydrogens is 324 g/mol. The number of methoxy groups -OCH3 is 1. The molecule has 3 heteroatoms. The number of aryl methyl sites for hydroxylation is 3. The van der Waals surface area contributed by atoms with Crippen LogP contribution in [0.15, 0.2) is 43.0 Å². The molecule has 2 aromatic rings. The van der Waals surface area contributed by atoms with Gasteiger partial charge in [0.2, 0.25) is 0 Å². The van der Waals surface area contributed by atoms with E-state index in [1.54, 1.807) is 6.08 Å². The quantitative estimate of drug-likeness (QED) is 0.554. The van der Waals surface area contributed by atoms with Crippen LogP contribution in [0.5, 0.6) is 5.75 Å². The predicted molar refractivity (Wildman–Crippen MR) is 105 cm³/mol. The number of fused-ring (bicyclic) bond motifs is 1. The van der Waals surface area contributed by atoms with Gasteiger partial charge in [0, 0.05) is 0 Å². The highest BCUT2D eigenvalue weighted by molar-refractivity contribution is 5.85. The van der Waals surface area contributed by atoms with Gasteiger partial charge in [-0.15, -0.1) is 6.58 Å². The maximum absolute atomic E-state index is 12.5. The monoisotopic (exact) mass is 350 g/mol. The Morgan fingerprint density at radius 3 is 2.77 bits per heavy atom. The molecule has 136 valence electrons. The van der Waals surface area contributed by atoms with Crippen LogP contribution >= 0.6 is 0 Å². The summed E-state index contributed by atoms with van der Waals surface area (Å²) in [6, 6.07) is 10.6. The topological polar surface area (TPSA) is 35.5 Å². The average Bonchev–Trinajstić information content (AvgIpc) is 2.67. The first kappa shape index (κ1) is 18.2. The van der Waals surface area contributed by atoms with Crippen LogP contribution in [0.1, 0.15) is 41.0 Å². The molecule has 0 radical (unpaired) electrons. The minimum atomic E-state index is -0.348. The summed E-state index contributed by atoms with van der Waals surface area (Å²) < 4.78 is 10.8. The third-order valence-corrected chi connectivity index (χ3v) is 5.11. The number of hydrogen-bond donors (Lipinski definition) is 0. The van der Waals surface area contributed by atoms with E-state index >= 15 is 0 Å². The molecule has 0 aromatic heterocycles. The fourth-order valence-electron chi connectivity index (χ4n) is 3.82. The maximum Gasteiger partial charge on any atom is 0.313 e. The van der Waals surface area contributed by atoms with Crippen molar-refractivity contribution in [1.29, 1.82) is 0 Å². The molecule has 1 aliphatic rings. The van der Waals surface area contributed by atoms with Crippen molar-refractivity contribution < 1.29 is 14.3 Å². The van der Waals surface area contributed by atoms with Gasteiger partial charge in [0.1, 0.15) is 5.75 Å². The normalized spacial score (nSPS) is 14.1. The van der Waals surface area contributed by atoms with E-state index < -0.39 is 0 Å². The molecule has 0 N–H and O–H groups in total. The molecule has 3 rings (SSSR count). The summed E-state index contributed by atoms with van der Waals surface area (Å²) in [5, 5.41) is 0. The van der Waals surface area contributed by atoms with E-state index in [2.05, 4.69) is 50.8 Å². The van der Waals surface area contributed by atoms with Crippen molar-refractivity contribution in [3.05, 3.63) is 65.2 Å². The largest absolute Gasteiger partial charge is 0.493 e. The first-order valence-electron chi connectivity index (χ1n) is 9.11. The molecule has 1 heterocycles. The van der Waals surface area contributed by atoms with Crippen LogP contribution in [-0.4, -0.2) is 19.7 Å². The number of carbonyl (C=O) groups excluding carboxylic acids is 1. The van der Waals surface area contributed by atoms with Gasteiger partial charge < -0.3 is 9.47 Å². The first-order chi connectivity index (χ1) is 12.6. The van der Waals surface area contributed by atoms with Gasteiger partial charge in [-0.2, -0.15) is 0 Å². The third-order valence-electron chi connectivity index (χ3n) is 5.11. The summed E-state index contributed by atoms with van der Waals surface area (Å²) in [7, 11) is 1.44. The van der Waals surface area contributed by atoms with Crippen LogP contribution < -0.4 is 4.74 Å². The number of esters is 1. The van der Waals surface area contributed by atoms with Gasteiger partial charge in [-0.1, -0.05) is 24.3 Å². The van der Waals surface area contributed by atoms with Crippen molar-refractivity contribution in [2.24, 2.45) is 0 Å². The number of rotatable bonds is 5. The van der Waals surface area contributed by atoms with E-state index in [-0.39, 0.29) is 11.9 Å². The molecular formula is C23H26O3. The van der Waals surface area contributed by atoms with Crippen LogP contribution in [0.2, 0.25) is 0 Å². The lowest BCUT2D eigenvalue weighted by Crippen LogP contribution is -2.16. The molecule has 0 fully saturated rings. The summed E-state index contributed by atoms with van der Waals surface area (Å²) in [4.78, 5) is 12.5. The Hall–Kier alpha value is -2.55. The second-order valence-electron chi connectivity index (χ2n) is 6.86. The highest BCUT2D eigenvalue weighted by Gasteiger charge is 2.26. The summed E-state index contributed by atoms with van der Waals surface area (Å²) in [5.74, 6) is 0.406. The van der Waals surface area contributed by atoms with Crippen LogP contribution in [-0.2, 0) is 16.0 Å². The second kappa shape index (κ2) is 7.77. The zero-order valence-electron chi connectivity index (χ0n) is 15.8. The number of ether oxygens (including phenoxy) is 2. The number of benzene rings is 2. The Morgan fingerprint density at radius 2 is 2.04 bits per heavy atom.